The molecule has 2 rings (SSSR count). The summed E-state index contributed by atoms with van der Waals surface area (Å²) in [4.78, 5) is 3.60. The van der Waals surface area contributed by atoms with Gasteiger partial charge in [-0.05, 0) is 12.8 Å². The predicted octanol–water partition coefficient (Wildman–Crippen LogP) is 3.28. The molecular formula is C11H16F4N2S. The summed E-state index contributed by atoms with van der Waals surface area (Å²) >= 11 is 1.36. The quantitative estimate of drug-likeness (QED) is 0.804. The Morgan fingerprint density at radius 3 is 2.56 bits per heavy atom. The first-order valence-electron chi connectivity index (χ1n) is 6.05. The molecule has 104 valence electrons. The van der Waals surface area contributed by atoms with Crippen molar-refractivity contribution in [3.8, 4) is 0 Å². The molecular weight excluding hydrogens is 268 g/mol. The van der Waals surface area contributed by atoms with E-state index in [1.54, 1.807) is 0 Å². The van der Waals surface area contributed by atoms with Gasteiger partial charge in [-0.1, -0.05) is 31.0 Å². The molecule has 0 atom stereocenters. The Hall–Kier alpha value is -0.460. The van der Waals surface area contributed by atoms with Crippen molar-refractivity contribution in [3.63, 3.8) is 0 Å². The Kier molecular flexibility index (Phi) is 4.08. The molecule has 0 amide bonds. The normalized spacial score (nSPS) is 25.9. The topological polar surface area (TPSA) is 24.4 Å². The third-order valence-electron chi connectivity index (χ3n) is 3.42. The van der Waals surface area contributed by atoms with Crippen LogP contribution in [0.4, 0.5) is 17.6 Å². The number of nitrogens with one attached hydrogen (secondary N) is 1. The minimum absolute atomic E-state index is 0.0398. The van der Waals surface area contributed by atoms with Gasteiger partial charge in [0.15, 0.2) is 5.17 Å². The first-order chi connectivity index (χ1) is 8.44. The number of aliphatic imine (C=N–C) groups is 1. The summed E-state index contributed by atoms with van der Waals surface area (Å²) in [6.45, 7) is -1.14. The summed E-state index contributed by atoms with van der Waals surface area (Å²) in [5.41, 5.74) is -0.0398. The van der Waals surface area contributed by atoms with E-state index in [0.29, 0.717) is 5.17 Å². The van der Waals surface area contributed by atoms with Gasteiger partial charge in [0.05, 0.1) is 0 Å². The Morgan fingerprint density at radius 2 is 1.94 bits per heavy atom. The fourth-order valence-corrected chi connectivity index (χ4v) is 3.55. The Bertz CT molecular complexity index is 327. The van der Waals surface area contributed by atoms with Gasteiger partial charge >= 0.3 is 12.3 Å². The monoisotopic (exact) mass is 284 g/mol. The molecule has 1 saturated heterocycles. The molecule has 2 aliphatic rings. The minimum Gasteiger partial charge on any atom is -0.359 e. The highest BCUT2D eigenvalue weighted by Gasteiger charge is 2.42. The van der Waals surface area contributed by atoms with Gasteiger partial charge in [-0.3, -0.25) is 4.99 Å². The maximum Gasteiger partial charge on any atom is 0.326 e. The van der Waals surface area contributed by atoms with Crippen LogP contribution >= 0.6 is 11.8 Å². The number of hydrogen-bond donors (Lipinski definition) is 1. The van der Waals surface area contributed by atoms with Crippen LogP contribution in [0.1, 0.15) is 32.1 Å². The molecule has 2 nitrogen and oxygen atoms in total. The number of nitrogens with zero attached hydrogens (tertiary/aromatic N) is 1. The molecule has 0 unspecified atom stereocenters. The summed E-state index contributed by atoms with van der Waals surface area (Å²) in [6, 6.07) is 0. The van der Waals surface area contributed by atoms with Crippen LogP contribution in [0.2, 0.25) is 0 Å². The zero-order valence-electron chi connectivity index (χ0n) is 9.89. The zero-order chi connectivity index (χ0) is 13.2. The van der Waals surface area contributed by atoms with Gasteiger partial charge in [-0.2, -0.15) is 8.78 Å². The van der Waals surface area contributed by atoms with Gasteiger partial charge in [0.25, 0.3) is 0 Å². The van der Waals surface area contributed by atoms with Crippen LogP contribution in [-0.4, -0.2) is 35.4 Å². The fraction of sp³-hybridized carbons (Fsp3) is 0.909. The van der Waals surface area contributed by atoms with Crippen LogP contribution in [0.3, 0.4) is 0 Å². The van der Waals surface area contributed by atoms with E-state index < -0.39 is 18.9 Å². The van der Waals surface area contributed by atoms with Crippen molar-refractivity contribution in [2.75, 3.05) is 12.3 Å². The molecule has 0 radical (unpaired) electrons. The predicted molar refractivity (Wildman–Crippen MR) is 64.7 cm³/mol. The van der Waals surface area contributed by atoms with Crippen LogP contribution < -0.4 is 5.32 Å². The van der Waals surface area contributed by atoms with Crippen LogP contribution in [0.15, 0.2) is 4.99 Å². The zero-order valence-corrected chi connectivity index (χ0v) is 10.7. The molecule has 0 bridgehead atoms. The van der Waals surface area contributed by atoms with Crippen molar-refractivity contribution >= 4 is 16.9 Å². The van der Waals surface area contributed by atoms with E-state index in [9.17, 15) is 17.6 Å². The van der Waals surface area contributed by atoms with Crippen molar-refractivity contribution in [1.82, 2.24) is 5.32 Å². The molecule has 0 aromatic carbocycles. The molecule has 1 spiro atoms. The lowest BCUT2D eigenvalue weighted by atomic mass is 9.83. The third kappa shape index (κ3) is 3.10. The van der Waals surface area contributed by atoms with Crippen molar-refractivity contribution in [3.05, 3.63) is 0 Å². The van der Waals surface area contributed by atoms with E-state index in [-0.39, 0.29) is 5.54 Å². The van der Waals surface area contributed by atoms with Crippen LogP contribution in [0.5, 0.6) is 0 Å². The van der Waals surface area contributed by atoms with Crippen LogP contribution in [0, 0.1) is 0 Å². The van der Waals surface area contributed by atoms with Gasteiger partial charge in [0, 0.05) is 11.3 Å². The number of thioether (sulfide) groups is 1. The van der Waals surface area contributed by atoms with Crippen LogP contribution in [-0.2, 0) is 0 Å². The summed E-state index contributed by atoms with van der Waals surface area (Å²) in [6.07, 6.45) is 1.79. The maximum atomic E-state index is 12.7. The lowest BCUT2D eigenvalue weighted by Crippen LogP contribution is -2.45. The number of amidine groups is 1. The minimum atomic E-state index is -4.03. The first kappa shape index (κ1) is 14.0. The second-order valence-electron chi connectivity index (χ2n) is 4.94. The average Bonchev–Trinajstić information content (AvgIpc) is 2.71. The number of alkyl halides is 4. The molecule has 7 heteroatoms. The molecule has 1 aliphatic carbocycles. The number of halogens is 4. The van der Waals surface area contributed by atoms with Crippen molar-refractivity contribution in [2.45, 2.75) is 50.0 Å². The molecule has 1 heterocycles. The molecule has 18 heavy (non-hydrogen) atoms. The summed E-state index contributed by atoms with van der Waals surface area (Å²) in [5, 5.41) is 3.54. The highest BCUT2D eigenvalue weighted by Crippen LogP contribution is 2.36. The van der Waals surface area contributed by atoms with E-state index >= 15 is 0 Å². The molecule has 1 N–H and O–H groups in total. The first-order valence-corrected chi connectivity index (χ1v) is 7.04. The van der Waals surface area contributed by atoms with E-state index in [1.807, 2.05) is 0 Å². The molecule has 2 fully saturated rings. The SMILES string of the molecule is FC(F)C(F)(F)CN=C1NC2(CCCCC2)CS1. The fourth-order valence-electron chi connectivity index (χ4n) is 2.33. The van der Waals surface area contributed by atoms with Crippen LogP contribution in [0.25, 0.3) is 0 Å². The Labute approximate surface area is 108 Å². The van der Waals surface area contributed by atoms with Crippen molar-refractivity contribution in [1.29, 1.82) is 0 Å². The summed E-state index contributed by atoms with van der Waals surface area (Å²) in [5.74, 6) is -3.23. The van der Waals surface area contributed by atoms with Gasteiger partial charge in [0.1, 0.15) is 6.54 Å². The summed E-state index contributed by atoms with van der Waals surface area (Å²) < 4.78 is 49.5. The van der Waals surface area contributed by atoms with Crippen molar-refractivity contribution in [2.24, 2.45) is 4.99 Å². The highest BCUT2D eigenvalue weighted by molar-refractivity contribution is 8.14. The van der Waals surface area contributed by atoms with E-state index in [1.165, 1.54) is 18.2 Å². The molecule has 0 aromatic rings. The Morgan fingerprint density at radius 1 is 1.28 bits per heavy atom. The van der Waals surface area contributed by atoms with E-state index in [2.05, 4.69) is 10.3 Å². The molecule has 1 saturated carbocycles. The molecule has 1 aliphatic heterocycles. The smallest absolute Gasteiger partial charge is 0.326 e. The second-order valence-corrected chi connectivity index (χ2v) is 5.90. The molecule has 0 aromatic heterocycles. The van der Waals surface area contributed by atoms with Crippen molar-refractivity contribution < 1.29 is 17.6 Å². The van der Waals surface area contributed by atoms with Gasteiger partial charge < -0.3 is 5.32 Å². The lowest BCUT2D eigenvalue weighted by molar-refractivity contribution is -0.119. The number of rotatable bonds is 3. The van der Waals surface area contributed by atoms with E-state index in [0.717, 1.165) is 31.4 Å². The number of hydrogen-bond acceptors (Lipinski definition) is 2. The summed E-state index contributed by atoms with van der Waals surface area (Å²) in [7, 11) is 0. The van der Waals surface area contributed by atoms with Gasteiger partial charge in [0.2, 0.25) is 0 Å². The van der Waals surface area contributed by atoms with Gasteiger partial charge in [-0.25, -0.2) is 8.78 Å². The standard InChI is InChI=1S/C11H16F4N2S/c12-8(13)11(14,15)6-16-9-17-10(7-18-9)4-2-1-3-5-10/h8H,1-7H2,(H,16,17). The van der Waals surface area contributed by atoms with E-state index in [4.69, 9.17) is 0 Å². The Balaban J connectivity index is 1.92. The maximum absolute atomic E-state index is 12.7. The second kappa shape index (κ2) is 5.27. The third-order valence-corrected chi connectivity index (χ3v) is 4.62. The highest BCUT2D eigenvalue weighted by atomic mass is 32.2. The average molecular weight is 284 g/mol. The largest absolute Gasteiger partial charge is 0.359 e. The van der Waals surface area contributed by atoms with Gasteiger partial charge in [-0.15, -0.1) is 0 Å². The lowest BCUT2D eigenvalue weighted by Gasteiger charge is -2.32.